The van der Waals surface area contributed by atoms with Crippen molar-refractivity contribution in [2.24, 2.45) is 0 Å². The van der Waals surface area contributed by atoms with Crippen molar-refractivity contribution in [2.45, 2.75) is 0 Å². The molecule has 3 aromatic heterocycles. The van der Waals surface area contributed by atoms with Gasteiger partial charge in [-0.2, -0.15) is 0 Å². The highest BCUT2D eigenvalue weighted by molar-refractivity contribution is 6.19. The second-order valence-corrected chi connectivity index (χ2v) is 10.4. The summed E-state index contributed by atoms with van der Waals surface area (Å²) in [6, 6.07) is 45.0. The van der Waals surface area contributed by atoms with Crippen LogP contribution in [0.5, 0.6) is 0 Å². The SMILES string of the molecule is c1ccc(-c2nc3c(ccc4oc5c(N(c6ccccc6)c6ccc7oc8ccccc8c7c6)cccc5c43)o2)cc1. The van der Waals surface area contributed by atoms with Crippen LogP contribution in [-0.2, 0) is 0 Å². The van der Waals surface area contributed by atoms with Crippen molar-refractivity contribution < 1.29 is 13.3 Å². The van der Waals surface area contributed by atoms with Gasteiger partial charge in [0.25, 0.3) is 0 Å². The van der Waals surface area contributed by atoms with Crippen LogP contribution in [0.15, 0.2) is 147 Å². The molecule has 0 aliphatic heterocycles. The number of aromatic nitrogens is 1. The van der Waals surface area contributed by atoms with Gasteiger partial charge in [-0.05, 0) is 66.7 Å². The molecule has 0 fully saturated rings. The van der Waals surface area contributed by atoms with E-state index in [-0.39, 0.29) is 0 Å². The standard InChI is InChI=1S/C37H22N2O3/c1-3-10-23(11-4-1)37-38-35-33(42-37)21-20-32-34(35)27-15-9-16-29(36(27)41-32)39(24-12-5-2-6-13-24)25-18-19-31-28(22-25)26-14-7-8-17-30(26)40-31/h1-22H. The van der Waals surface area contributed by atoms with Crippen LogP contribution < -0.4 is 4.90 Å². The molecule has 0 saturated carbocycles. The molecule has 0 unspecified atom stereocenters. The van der Waals surface area contributed by atoms with Crippen LogP contribution in [0.2, 0.25) is 0 Å². The molecule has 0 atom stereocenters. The quantitative estimate of drug-likeness (QED) is 0.221. The molecule has 0 bridgehead atoms. The summed E-state index contributed by atoms with van der Waals surface area (Å²) >= 11 is 0. The summed E-state index contributed by atoms with van der Waals surface area (Å²) in [5.41, 5.74) is 8.70. The lowest BCUT2D eigenvalue weighted by atomic mass is 10.1. The van der Waals surface area contributed by atoms with Crippen molar-refractivity contribution in [3.05, 3.63) is 133 Å². The smallest absolute Gasteiger partial charge is 0.227 e. The Balaban J connectivity index is 1.30. The highest BCUT2D eigenvalue weighted by Gasteiger charge is 2.22. The zero-order valence-electron chi connectivity index (χ0n) is 22.3. The predicted molar refractivity (Wildman–Crippen MR) is 169 cm³/mol. The summed E-state index contributed by atoms with van der Waals surface area (Å²) in [4.78, 5) is 7.17. The summed E-state index contributed by atoms with van der Waals surface area (Å²) < 4.78 is 19.0. The van der Waals surface area contributed by atoms with Crippen LogP contribution in [0.1, 0.15) is 0 Å². The average molecular weight is 543 g/mol. The number of nitrogens with zero attached hydrogens (tertiary/aromatic N) is 2. The Hall–Kier alpha value is -5.81. The summed E-state index contributed by atoms with van der Waals surface area (Å²) in [6.45, 7) is 0. The Kier molecular flexibility index (Phi) is 4.83. The third-order valence-corrected chi connectivity index (χ3v) is 7.89. The summed E-state index contributed by atoms with van der Waals surface area (Å²) in [6.07, 6.45) is 0. The van der Waals surface area contributed by atoms with Gasteiger partial charge in [0.15, 0.2) is 11.2 Å². The third kappa shape index (κ3) is 3.40. The third-order valence-electron chi connectivity index (χ3n) is 7.89. The van der Waals surface area contributed by atoms with Gasteiger partial charge in [0, 0.05) is 33.1 Å². The van der Waals surface area contributed by atoms with Gasteiger partial charge in [0.05, 0.1) is 11.1 Å². The molecule has 0 N–H and O–H groups in total. The molecule has 5 nitrogen and oxygen atoms in total. The van der Waals surface area contributed by atoms with Crippen LogP contribution in [0.3, 0.4) is 0 Å². The van der Waals surface area contributed by atoms with E-state index in [1.165, 1.54) is 0 Å². The molecule has 3 heterocycles. The van der Waals surface area contributed by atoms with Gasteiger partial charge in [0.1, 0.15) is 22.3 Å². The molecule has 0 radical (unpaired) electrons. The van der Waals surface area contributed by atoms with E-state index in [4.69, 9.17) is 18.2 Å². The first-order valence-corrected chi connectivity index (χ1v) is 13.9. The topological polar surface area (TPSA) is 55.6 Å². The van der Waals surface area contributed by atoms with Gasteiger partial charge in [-0.25, -0.2) is 4.98 Å². The Bertz CT molecular complexity index is 2420. The first-order valence-electron chi connectivity index (χ1n) is 13.9. The zero-order valence-corrected chi connectivity index (χ0v) is 22.3. The van der Waals surface area contributed by atoms with Crippen LogP contribution in [-0.4, -0.2) is 4.98 Å². The number of para-hydroxylation sites is 3. The molecule has 9 rings (SSSR count). The Morgan fingerprint density at radius 2 is 1.19 bits per heavy atom. The molecule has 0 spiro atoms. The number of oxazole rings is 1. The van der Waals surface area contributed by atoms with Gasteiger partial charge >= 0.3 is 0 Å². The van der Waals surface area contributed by atoms with E-state index >= 15 is 0 Å². The van der Waals surface area contributed by atoms with Crippen LogP contribution in [0, 0.1) is 0 Å². The molecule has 0 saturated heterocycles. The lowest BCUT2D eigenvalue weighted by molar-refractivity contribution is 0.619. The molecule has 0 aliphatic rings. The molecule has 42 heavy (non-hydrogen) atoms. The van der Waals surface area contributed by atoms with E-state index in [2.05, 4.69) is 65.6 Å². The van der Waals surface area contributed by atoms with Crippen molar-refractivity contribution in [3.8, 4) is 11.5 Å². The Morgan fingerprint density at radius 3 is 2.07 bits per heavy atom. The van der Waals surface area contributed by atoms with Crippen LogP contribution in [0.25, 0.3) is 66.4 Å². The number of benzene rings is 6. The lowest BCUT2D eigenvalue weighted by Crippen LogP contribution is -2.10. The molecule has 6 aromatic carbocycles. The predicted octanol–water partition coefficient (Wildman–Crippen LogP) is 10.8. The van der Waals surface area contributed by atoms with Crippen molar-refractivity contribution >= 4 is 72.0 Å². The zero-order chi connectivity index (χ0) is 27.6. The largest absolute Gasteiger partial charge is 0.456 e. The first kappa shape index (κ1) is 22.9. The maximum Gasteiger partial charge on any atom is 0.227 e. The van der Waals surface area contributed by atoms with Crippen molar-refractivity contribution in [1.29, 1.82) is 0 Å². The number of anilines is 3. The second kappa shape index (κ2) is 8.85. The average Bonchev–Trinajstić information content (AvgIpc) is 3.75. The fraction of sp³-hybridized carbons (Fsp3) is 0. The summed E-state index contributed by atoms with van der Waals surface area (Å²) in [5.74, 6) is 0.593. The minimum atomic E-state index is 0.593. The minimum absolute atomic E-state index is 0.593. The maximum atomic E-state index is 6.63. The molecule has 0 amide bonds. The maximum absolute atomic E-state index is 6.63. The number of hydrogen-bond acceptors (Lipinski definition) is 5. The monoisotopic (exact) mass is 542 g/mol. The normalized spacial score (nSPS) is 11.8. The Morgan fingerprint density at radius 1 is 0.476 bits per heavy atom. The van der Waals surface area contributed by atoms with E-state index in [0.717, 1.165) is 77.6 Å². The van der Waals surface area contributed by atoms with Gasteiger partial charge < -0.3 is 18.2 Å². The summed E-state index contributed by atoms with van der Waals surface area (Å²) in [5, 5.41) is 4.09. The lowest BCUT2D eigenvalue weighted by Gasteiger charge is -2.25. The number of hydrogen-bond donors (Lipinski definition) is 0. The van der Waals surface area contributed by atoms with Gasteiger partial charge in [0.2, 0.25) is 5.89 Å². The van der Waals surface area contributed by atoms with Crippen molar-refractivity contribution in [2.75, 3.05) is 4.90 Å². The minimum Gasteiger partial charge on any atom is -0.456 e. The molecule has 198 valence electrons. The Labute approximate surface area is 239 Å². The highest BCUT2D eigenvalue weighted by atomic mass is 16.4. The van der Waals surface area contributed by atoms with Crippen molar-refractivity contribution in [3.63, 3.8) is 0 Å². The van der Waals surface area contributed by atoms with Crippen molar-refractivity contribution in [1.82, 2.24) is 4.98 Å². The van der Waals surface area contributed by atoms with Crippen LogP contribution >= 0.6 is 0 Å². The fourth-order valence-electron chi connectivity index (χ4n) is 6.00. The second-order valence-electron chi connectivity index (χ2n) is 10.4. The van der Waals surface area contributed by atoms with Crippen LogP contribution in [0.4, 0.5) is 17.1 Å². The molecular formula is C37H22N2O3. The number of furan rings is 2. The summed E-state index contributed by atoms with van der Waals surface area (Å²) in [7, 11) is 0. The van der Waals surface area contributed by atoms with E-state index in [9.17, 15) is 0 Å². The fourth-order valence-corrected chi connectivity index (χ4v) is 6.00. The van der Waals surface area contributed by atoms with E-state index < -0.39 is 0 Å². The number of rotatable bonds is 4. The van der Waals surface area contributed by atoms with E-state index in [0.29, 0.717) is 5.89 Å². The number of fused-ring (bicyclic) bond motifs is 8. The molecule has 0 aliphatic carbocycles. The van der Waals surface area contributed by atoms with E-state index in [1.807, 2.05) is 72.8 Å². The highest BCUT2D eigenvalue weighted by Crippen LogP contribution is 2.45. The van der Waals surface area contributed by atoms with Gasteiger partial charge in [-0.3, -0.25) is 0 Å². The first-order chi connectivity index (χ1) is 20.8. The van der Waals surface area contributed by atoms with Gasteiger partial charge in [-0.15, -0.1) is 0 Å². The molecule has 5 heteroatoms. The van der Waals surface area contributed by atoms with Gasteiger partial charge in [-0.1, -0.05) is 66.7 Å². The molecular weight excluding hydrogens is 520 g/mol. The van der Waals surface area contributed by atoms with E-state index in [1.54, 1.807) is 0 Å². The molecule has 9 aromatic rings.